The standard InChI is InChI=1S/C14H21N3O/c1-10(2)16-12-5-4-8-17(14(12)18)13-9-15-7-6-11(13)3/h6-7,9-10,12,16H,4-5,8H2,1-3H3. The van der Waals surface area contributed by atoms with E-state index in [0.29, 0.717) is 6.04 Å². The molecule has 4 heteroatoms. The zero-order valence-electron chi connectivity index (χ0n) is 11.3. The number of anilines is 1. The number of hydrogen-bond donors (Lipinski definition) is 1. The second kappa shape index (κ2) is 5.48. The summed E-state index contributed by atoms with van der Waals surface area (Å²) in [5.74, 6) is 0.172. The molecule has 1 fully saturated rings. The Hall–Kier alpha value is -1.42. The normalized spacial score (nSPS) is 20.6. The van der Waals surface area contributed by atoms with Gasteiger partial charge in [-0.05, 0) is 31.4 Å². The van der Waals surface area contributed by atoms with E-state index in [1.165, 1.54) is 0 Å². The van der Waals surface area contributed by atoms with Gasteiger partial charge >= 0.3 is 0 Å². The molecule has 1 N–H and O–H groups in total. The first-order valence-corrected chi connectivity index (χ1v) is 6.57. The van der Waals surface area contributed by atoms with Gasteiger partial charge in [0, 0.05) is 18.8 Å². The van der Waals surface area contributed by atoms with Crippen LogP contribution in [0.4, 0.5) is 5.69 Å². The maximum absolute atomic E-state index is 12.4. The Bertz CT molecular complexity index is 431. The highest BCUT2D eigenvalue weighted by Gasteiger charge is 2.30. The van der Waals surface area contributed by atoms with Crippen LogP contribution in [0.5, 0.6) is 0 Å². The minimum atomic E-state index is -0.0571. The van der Waals surface area contributed by atoms with Crippen LogP contribution in [0.3, 0.4) is 0 Å². The van der Waals surface area contributed by atoms with Crippen LogP contribution in [0.25, 0.3) is 0 Å². The highest BCUT2D eigenvalue weighted by atomic mass is 16.2. The topological polar surface area (TPSA) is 45.2 Å². The number of aromatic nitrogens is 1. The van der Waals surface area contributed by atoms with Crippen LogP contribution in [-0.2, 0) is 4.79 Å². The molecule has 98 valence electrons. The predicted molar refractivity (Wildman–Crippen MR) is 72.6 cm³/mol. The van der Waals surface area contributed by atoms with E-state index >= 15 is 0 Å². The quantitative estimate of drug-likeness (QED) is 0.887. The van der Waals surface area contributed by atoms with Crippen LogP contribution in [0, 0.1) is 6.92 Å². The first-order chi connectivity index (χ1) is 8.59. The molecule has 1 aliphatic heterocycles. The average Bonchev–Trinajstić information content (AvgIpc) is 2.32. The molecule has 0 aromatic carbocycles. The molecule has 2 heterocycles. The van der Waals surface area contributed by atoms with Gasteiger partial charge in [0.15, 0.2) is 0 Å². The summed E-state index contributed by atoms with van der Waals surface area (Å²) in [6.45, 7) is 6.95. The monoisotopic (exact) mass is 247 g/mol. The summed E-state index contributed by atoms with van der Waals surface area (Å²) >= 11 is 0. The van der Waals surface area contributed by atoms with E-state index in [1.54, 1.807) is 12.4 Å². The van der Waals surface area contributed by atoms with Gasteiger partial charge in [0.1, 0.15) is 0 Å². The molecular formula is C14H21N3O. The third kappa shape index (κ3) is 2.70. The molecule has 1 atom stereocenters. The van der Waals surface area contributed by atoms with Crippen molar-refractivity contribution in [2.45, 2.75) is 45.7 Å². The number of carbonyl (C=O) groups excluding carboxylic acids is 1. The van der Waals surface area contributed by atoms with Crippen LogP contribution >= 0.6 is 0 Å². The number of piperidine rings is 1. The second-order valence-corrected chi connectivity index (χ2v) is 5.17. The van der Waals surface area contributed by atoms with Gasteiger partial charge in [-0.2, -0.15) is 0 Å². The lowest BCUT2D eigenvalue weighted by Gasteiger charge is -2.34. The van der Waals surface area contributed by atoms with E-state index in [-0.39, 0.29) is 11.9 Å². The average molecular weight is 247 g/mol. The molecule has 18 heavy (non-hydrogen) atoms. The third-order valence-electron chi connectivity index (χ3n) is 3.28. The maximum atomic E-state index is 12.4. The van der Waals surface area contributed by atoms with Crippen LogP contribution in [0.2, 0.25) is 0 Å². The summed E-state index contributed by atoms with van der Waals surface area (Å²) in [5, 5.41) is 3.34. The van der Waals surface area contributed by atoms with Gasteiger partial charge in [-0.1, -0.05) is 13.8 Å². The van der Waals surface area contributed by atoms with E-state index < -0.39 is 0 Å². The molecular weight excluding hydrogens is 226 g/mol. The molecule has 2 rings (SSSR count). The van der Waals surface area contributed by atoms with Crippen molar-refractivity contribution in [1.29, 1.82) is 0 Å². The second-order valence-electron chi connectivity index (χ2n) is 5.17. The smallest absolute Gasteiger partial charge is 0.244 e. The number of aryl methyl sites for hydroxylation is 1. The van der Waals surface area contributed by atoms with Crippen molar-refractivity contribution in [2.24, 2.45) is 0 Å². The van der Waals surface area contributed by atoms with E-state index in [4.69, 9.17) is 0 Å². The highest BCUT2D eigenvalue weighted by molar-refractivity contribution is 5.98. The number of carbonyl (C=O) groups is 1. The number of pyridine rings is 1. The minimum absolute atomic E-state index is 0.0571. The summed E-state index contributed by atoms with van der Waals surface area (Å²) in [7, 11) is 0. The lowest BCUT2D eigenvalue weighted by molar-refractivity contribution is -0.121. The molecule has 1 saturated heterocycles. The Morgan fingerprint density at radius 1 is 1.50 bits per heavy atom. The summed E-state index contributed by atoms with van der Waals surface area (Å²) in [6, 6.07) is 2.22. The predicted octanol–water partition coefficient (Wildman–Crippen LogP) is 1.88. The van der Waals surface area contributed by atoms with Crippen LogP contribution in [0.1, 0.15) is 32.3 Å². The number of amides is 1. The van der Waals surface area contributed by atoms with Crippen molar-refractivity contribution >= 4 is 11.6 Å². The molecule has 1 unspecified atom stereocenters. The van der Waals surface area contributed by atoms with E-state index in [9.17, 15) is 4.79 Å². The molecule has 0 saturated carbocycles. The Morgan fingerprint density at radius 2 is 2.28 bits per heavy atom. The largest absolute Gasteiger partial charge is 0.309 e. The van der Waals surface area contributed by atoms with Crippen LogP contribution in [-0.4, -0.2) is 29.5 Å². The van der Waals surface area contributed by atoms with E-state index in [1.807, 2.05) is 17.9 Å². The lowest BCUT2D eigenvalue weighted by Crippen LogP contribution is -2.52. The number of nitrogens with one attached hydrogen (secondary N) is 1. The SMILES string of the molecule is Cc1ccncc1N1CCCC(NC(C)C)C1=O. The first-order valence-electron chi connectivity index (χ1n) is 6.57. The van der Waals surface area contributed by atoms with Gasteiger partial charge in [0.25, 0.3) is 0 Å². The minimum Gasteiger partial charge on any atom is -0.309 e. The number of rotatable bonds is 3. The van der Waals surface area contributed by atoms with Gasteiger partial charge in [-0.25, -0.2) is 0 Å². The summed E-state index contributed by atoms with van der Waals surface area (Å²) in [6.07, 6.45) is 5.50. The molecule has 1 aromatic heterocycles. The fourth-order valence-electron chi connectivity index (χ4n) is 2.41. The van der Waals surface area contributed by atoms with Crippen molar-refractivity contribution < 1.29 is 4.79 Å². The zero-order valence-corrected chi connectivity index (χ0v) is 11.3. The molecule has 1 aliphatic rings. The fourth-order valence-corrected chi connectivity index (χ4v) is 2.41. The first kappa shape index (κ1) is 13.0. The Labute approximate surface area is 108 Å². The zero-order chi connectivity index (χ0) is 13.1. The van der Waals surface area contributed by atoms with Gasteiger partial charge in [-0.15, -0.1) is 0 Å². The van der Waals surface area contributed by atoms with E-state index in [0.717, 1.165) is 30.6 Å². The van der Waals surface area contributed by atoms with Gasteiger partial charge in [0.2, 0.25) is 5.91 Å². The van der Waals surface area contributed by atoms with Crippen LogP contribution in [0.15, 0.2) is 18.5 Å². The molecule has 0 aliphatic carbocycles. The van der Waals surface area contributed by atoms with Crippen LogP contribution < -0.4 is 10.2 Å². The molecule has 1 amide bonds. The highest BCUT2D eigenvalue weighted by Crippen LogP contribution is 2.23. The third-order valence-corrected chi connectivity index (χ3v) is 3.28. The molecule has 1 aromatic rings. The van der Waals surface area contributed by atoms with Gasteiger partial charge in [0.05, 0.1) is 17.9 Å². The Morgan fingerprint density at radius 3 is 2.94 bits per heavy atom. The lowest BCUT2D eigenvalue weighted by atomic mass is 10.0. The van der Waals surface area contributed by atoms with Crippen molar-refractivity contribution in [3.8, 4) is 0 Å². The van der Waals surface area contributed by atoms with Gasteiger partial charge in [-0.3, -0.25) is 9.78 Å². The molecule has 0 spiro atoms. The summed E-state index contributed by atoms with van der Waals surface area (Å²) in [4.78, 5) is 18.4. The van der Waals surface area contributed by atoms with E-state index in [2.05, 4.69) is 24.1 Å². The Balaban J connectivity index is 2.19. The van der Waals surface area contributed by atoms with Crippen molar-refractivity contribution in [1.82, 2.24) is 10.3 Å². The maximum Gasteiger partial charge on any atom is 0.244 e. The molecule has 4 nitrogen and oxygen atoms in total. The summed E-state index contributed by atoms with van der Waals surface area (Å²) < 4.78 is 0. The number of nitrogens with zero attached hydrogens (tertiary/aromatic N) is 2. The number of hydrogen-bond acceptors (Lipinski definition) is 3. The van der Waals surface area contributed by atoms with Crippen molar-refractivity contribution in [3.05, 3.63) is 24.0 Å². The van der Waals surface area contributed by atoms with Crippen molar-refractivity contribution in [3.63, 3.8) is 0 Å². The Kier molecular flexibility index (Phi) is 3.97. The van der Waals surface area contributed by atoms with Crippen molar-refractivity contribution in [2.75, 3.05) is 11.4 Å². The molecule has 0 radical (unpaired) electrons. The fraction of sp³-hybridized carbons (Fsp3) is 0.571. The molecule has 0 bridgehead atoms. The van der Waals surface area contributed by atoms with Gasteiger partial charge < -0.3 is 10.2 Å². The summed E-state index contributed by atoms with van der Waals surface area (Å²) in [5.41, 5.74) is 2.04.